The molecule has 0 saturated carbocycles. The van der Waals surface area contributed by atoms with Crippen LogP contribution in [0.1, 0.15) is 31.4 Å². The third kappa shape index (κ3) is 5.46. The van der Waals surface area contributed by atoms with Gasteiger partial charge in [-0.1, -0.05) is 57.9 Å². The highest BCUT2D eigenvalue weighted by atomic mass is 79.9. The molecule has 0 bridgehead atoms. The molecule has 1 nitrogen and oxygen atoms in total. The molecule has 0 heterocycles. The number of aryl methyl sites for hydroxylation is 1. The van der Waals surface area contributed by atoms with E-state index in [4.69, 9.17) is 11.6 Å². The maximum Gasteiger partial charge on any atom is 0.0410 e. The van der Waals surface area contributed by atoms with Gasteiger partial charge < -0.3 is 5.32 Å². The topological polar surface area (TPSA) is 12.0 Å². The van der Waals surface area contributed by atoms with Crippen molar-refractivity contribution in [1.82, 2.24) is 5.32 Å². The first-order valence-corrected chi connectivity index (χ1v) is 8.36. The fraction of sp³-hybridized carbons (Fsp3) is 0.333. The third-order valence-corrected chi connectivity index (χ3v) is 4.66. The van der Waals surface area contributed by atoms with E-state index >= 15 is 0 Å². The smallest absolute Gasteiger partial charge is 0.0410 e. The molecule has 0 radical (unpaired) electrons. The molecule has 0 atom stereocenters. The largest absolute Gasteiger partial charge is 0.308 e. The van der Waals surface area contributed by atoms with Gasteiger partial charge in [0.1, 0.15) is 0 Å². The van der Waals surface area contributed by atoms with Crippen LogP contribution in [-0.4, -0.2) is 5.54 Å². The Kier molecular flexibility index (Phi) is 5.86. The average molecular weight is 367 g/mol. The van der Waals surface area contributed by atoms with Crippen LogP contribution in [0.25, 0.3) is 0 Å². The van der Waals surface area contributed by atoms with E-state index < -0.39 is 0 Å². The summed E-state index contributed by atoms with van der Waals surface area (Å²) in [6.07, 6.45) is 2.17. The summed E-state index contributed by atoms with van der Waals surface area (Å²) in [5.41, 5.74) is 2.66. The molecule has 0 spiro atoms. The molecular weight excluding hydrogens is 346 g/mol. The Morgan fingerprint density at radius 3 is 2.52 bits per heavy atom. The fourth-order valence-electron chi connectivity index (χ4n) is 2.20. The quantitative estimate of drug-likeness (QED) is 0.701. The maximum atomic E-state index is 6.06. The van der Waals surface area contributed by atoms with Crippen LogP contribution in [0.2, 0.25) is 5.02 Å². The van der Waals surface area contributed by atoms with E-state index in [0.717, 1.165) is 28.9 Å². The highest BCUT2D eigenvalue weighted by Gasteiger charge is 2.17. The number of nitrogens with one attached hydrogen (secondary N) is 1. The number of rotatable bonds is 6. The Morgan fingerprint density at radius 2 is 1.81 bits per heavy atom. The minimum Gasteiger partial charge on any atom is -0.308 e. The van der Waals surface area contributed by atoms with Crippen molar-refractivity contribution in [2.24, 2.45) is 0 Å². The van der Waals surface area contributed by atoms with Gasteiger partial charge in [0.15, 0.2) is 0 Å². The molecule has 0 unspecified atom stereocenters. The molecule has 0 fully saturated rings. The van der Waals surface area contributed by atoms with Gasteiger partial charge in [0.25, 0.3) is 0 Å². The van der Waals surface area contributed by atoms with Gasteiger partial charge in [-0.25, -0.2) is 0 Å². The monoisotopic (exact) mass is 365 g/mol. The Balaban J connectivity index is 1.90. The van der Waals surface area contributed by atoms with Gasteiger partial charge in [-0.3, -0.25) is 0 Å². The number of halogens is 2. The van der Waals surface area contributed by atoms with Crippen molar-refractivity contribution in [3.05, 3.63) is 69.2 Å². The van der Waals surface area contributed by atoms with E-state index in [-0.39, 0.29) is 5.54 Å². The predicted molar refractivity (Wildman–Crippen MR) is 94.8 cm³/mol. The lowest BCUT2D eigenvalue weighted by Gasteiger charge is -2.27. The molecule has 0 amide bonds. The molecule has 1 N–H and O–H groups in total. The van der Waals surface area contributed by atoms with Crippen molar-refractivity contribution in [1.29, 1.82) is 0 Å². The molecular formula is C18H21BrClN. The summed E-state index contributed by atoms with van der Waals surface area (Å²) in [5.74, 6) is 0. The number of hydrogen-bond acceptors (Lipinski definition) is 1. The molecule has 0 aromatic heterocycles. The van der Waals surface area contributed by atoms with Crippen molar-refractivity contribution in [2.75, 3.05) is 0 Å². The second-order valence-corrected chi connectivity index (χ2v) is 7.25. The first kappa shape index (κ1) is 16.5. The van der Waals surface area contributed by atoms with Crippen molar-refractivity contribution < 1.29 is 0 Å². The Morgan fingerprint density at radius 1 is 1.10 bits per heavy atom. The van der Waals surface area contributed by atoms with Gasteiger partial charge in [0.2, 0.25) is 0 Å². The second kappa shape index (κ2) is 7.44. The van der Waals surface area contributed by atoms with E-state index in [0.29, 0.717) is 0 Å². The molecule has 2 rings (SSSR count). The summed E-state index contributed by atoms with van der Waals surface area (Å²) in [4.78, 5) is 0. The molecule has 0 aliphatic carbocycles. The van der Waals surface area contributed by atoms with Crippen molar-refractivity contribution in [2.45, 2.75) is 38.8 Å². The summed E-state index contributed by atoms with van der Waals surface area (Å²) in [6, 6.07) is 16.5. The van der Waals surface area contributed by atoms with Crippen molar-refractivity contribution in [3.8, 4) is 0 Å². The molecule has 21 heavy (non-hydrogen) atoms. The fourth-order valence-corrected chi connectivity index (χ4v) is 2.78. The second-order valence-electron chi connectivity index (χ2n) is 5.96. The van der Waals surface area contributed by atoms with E-state index in [1.165, 1.54) is 11.1 Å². The molecule has 0 saturated heterocycles. The van der Waals surface area contributed by atoms with E-state index in [1.54, 1.807) is 0 Å². The highest BCUT2D eigenvalue weighted by Crippen LogP contribution is 2.22. The zero-order valence-electron chi connectivity index (χ0n) is 12.5. The van der Waals surface area contributed by atoms with Gasteiger partial charge in [0.05, 0.1) is 0 Å². The van der Waals surface area contributed by atoms with Crippen molar-refractivity contribution >= 4 is 27.5 Å². The summed E-state index contributed by atoms with van der Waals surface area (Å²) >= 11 is 9.63. The summed E-state index contributed by atoms with van der Waals surface area (Å²) in [6.45, 7) is 5.30. The zero-order valence-corrected chi connectivity index (χ0v) is 14.8. The van der Waals surface area contributed by atoms with Crippen molar-refractivity contribution in [3.63, 3.8) is 0 Å². The Labute approximate surface area is 140 Å². The molecule has 0 aliphatic rings. The minimum absolute atomic E-state index is 0.0810. The SMILES string of the molecule is CC(C)(CCc1ccccc1)NCc1cc(Cl)ccc1Br. The van der Waals surface area contributed by atoms with E-state index in [2.05, 4.69) is 65.4 Å². The standard InChI is InChI=1S/C18H21BrClN/c1-18(2,11-10-14-6-4-3-5-7-14)21-13-15-12-16(20)8-9-17(15)19/h3-9,12,21H,10-11,13H2,1-2H3. The van der Waals surface area contributed by atoms with Crippen LogP contribution in [0, 0.1) is 0 Å². The van der Waals surface area contributed by atoms with Gasteiger partial charge in [-0.05, 0) is 56.0 Å². The van der Waals surface area contributed by atoms with Gasteiger partial charge in [-0.2, -0.15) is 0 Å². The zero-order chi connectivity index (χ0) is 15.3. The average Bonchev–Trinajstić information content (AvgIpc) is 2.47. The lowest BCUT2D eigenvalue weighted by atomic mass is 9.95. The molecule has 0 aliphatic heterocycles. The lowest BCUT2D eigenvalue weighted by Crippen LogP contribution is -2.39. The van der Waals surface area contributed by atoms with Crippen LogP contribution in [-0.2, 0) is 13.0 Å². The van der Waals surface area contributed by atoms with Gasteiger partial charge in [-0.15, -0.1) is 0 Å². The van der Waals surface area contributed by atoms with E-state index in [9.17, 15) is 0 Å². The lowest BCUT2D eigenvalue weighted by molar-refractivity contribution is 0.360. The number of hydrogen-bond donors (Lipinski definition) is 1. The maximum absolute atomic E-state index is 6.06. The molecule has 2 aromatic rings. The van der Waals surface area contributed by atoms with Crippen LogP contribution >= 0.6 is 27.5 Å². The highest BCUT2D eigenvalue weighted by molar-refractivity contribution is 9.10. The Hall–Kier alpha value is -0.830. The first-order valence-electron chi connectivity index (χ1n) is 7.19. The Bertz CT molecular complexity index is 581. The van der Waals surface area contributed by atoms with Crippen LogP contribution < -0.4 is 5.32 Å². The molecule has 3 heteroatoms. The van der Waals surface area contributed by atoms with Crippen LogP contribution in [0.15, 0.2) is 53.0 Å². The van der Waals surface area contributed by atoms with Gasteiger partial charge >= 0.3 is 0 Å². The van der Waals surface area contributed by atoms with E-state index in [1.807, 2.05) is 18.2 Å². The minimum atomic E-state index is 0.0810. The molecule has 2 aromatic carbocycles. The summed E-state index contributed by atoms with van der Waals surface area (Å²) in [5, 5.41) is 4.40. The normalized spacial score (nSPS) is 11.6. The van der Waals surface area contributed by atoms with Gasteiger partial charge in [0, 0.05) is 21.6 Å². The van der Waals surface area contributed by atoms with Crippen LogP contribution in [0.4, 0.5) is 0 Å². The third-order valence-electron chi connectivity index (χ3n) is 3.65. The van der Waals surface area contributed by atoms with Crippen LogP contribution in [0.3, 0.4) is 0 Å². The first-order chi connectivity index (χ1) is 9.96. The predicted octanol–water partition coefficient (Wildman–Crippen LogP) is 5.60. The number of benzene rings is 2. The molecule has 112 valence electrons. The summed E-state index contributed by atoms with van der Waals surface area (Å²) < 4.78 is 1.10. The summed E-state index contributed by atoms with van der Waals surface area (Å²) in [7, 11) is 0. The van der Waals surface area contributed by atoms with Crippen LogP contribution in [0.5, 0.6) is 0 Å².